The minimum absolute atomic E-state index is 0.0605. The Morgan fingerprint density at radius 3 is 2.62 bits per heavy atom. The zero-order chi connectivity index (χ0) is 15.5. The van der Waals surface area contributed by atoms with E-state index < -0.39 is 15.8 Å². The molecule has 0 aromatic heterocycles. The number of sulfone groups is 1. The van der Waals surface area contributed by atoms with Crippen LogP contribution >= 0.6 is 0 Å². The van der Waals surface area contributed by atoms with Gasteiger partial charge in [0.15, 0.2) is 9.84 Å². The van der Waals surface area contributed by atoms with Gasteiger partial charge in [0.2, 0.25) is 5.91 Å². The van der Waals surface area contributed by atoms with Crippen LogP contribution in [0.1, 0.15) is 6.42 Å². The number of likely N-dealkylation sites (N-methyl/N-ethyl adjacent to an activating group) is 1. The summed E-state index contributed by atoms with van der Waals surface area (Å²) in [5.74, 6) is -0.388. The average Bonchev–Trinajstić information content (AvgIpc) is 2.80. The number of rotatable bonds is 5. The van der Waals surface area contributed by atoms with Gasteiger partial charge in [-0.1, -0.05) is 0 Å². The molecule has 7 heteroatoms. The van der Waals surface area contributed by atoms with E-state index in [-0.39, 0.29) is 29.8 Å². The molecule has 1 aromatic carbocycles. The van der Waals surface area contributed by atoms with E-state index in [9.17, 15) is 17.6 Å². The van der Waals surface area contributed by atoms with E-state index in [0.717, 1.165) is 0 Å². The van der Waals surface area contributed by atoms with Crippen LogP contribution in [0.15, 0.2) is 24.3 Å². The number of hydrogen-bond donors (Lipinski definition) is 0. The summed E-state index contributed by atoms with van der Waals surface area (Å²) in [6, 6.07) is 5.63. The Kier molecular flexibility index (Phi) is 4.82. The number of carbonyl (C=O) groups is 1. The van der Waals surface area contributed by atoms with Crippen molar-refractivity contribution in [1.29, 1.82) is 0 Å². The Balaban J connectivity index is 1.78. The molecule has 0 N–H and O–H groups in total. The standard InChI is InChI=1S/C14H18FNO4S/c1-16(14(17)11-6-9-21(18,19)10-11)7-8-20-13-4-2-12(15)3-5-13/h2-5,11H,6-10H2,1H3. The molecule has 116 valence electrons. The second-order valence-corrected chi connectivity index (χ2v) is 7.39. The fraction of sp³-hybridized carbons (Fsp3) is 0.500. The summed E-state index contributed by atoms with van der Waals surface area (Å²) >= 11 is 0. The Bertz CT molecular complexity index is 600. The van der Waals surface area contributed by atoms with Gasteiger partial charge in [0.05, 0.1) is 24.0 Å². The summed E-state index contributed by atoms with van der Waals surface area (Å²) in [5.41, 5.74) is 0. The first-order valence-corrected chi connectivity index (χ1v) is 8.53. The van der Waals surface area contributed by atoms with Gasteiger partial charge in [0, 0.05) is 7.05 Å². The maximum Gasteiger partial charge on any atom is 0.226 e. The van der Waals surface area contributed by atoms with Gasteiger partial charge < -0.3 is 9.64 Å². The molecule has 0 bridgehead atoms. The molecular weight excluding hydrogens is 297 g/mol. The van der Waals surface area contributed by atoms with E-state index >= 15 is 0 Å². The third kappa shape index (κ3) is 4.42. The number of nitrogens with zero attached hydrogens (tertiary/aromatic N) is 1. The van der Waals surface area contributed by atoms with Crippen LogP contribution in [-0.4, -0.2) is 50.9 Å². The van der Waals surface area contributed by atoms with E-state index in [1.54, 1.807) is 7.05 Å². The summed E-state index contributed by atoms with van der Waals surface area (Å²) in [6.45, 7) is 0.625. The van der Waals surface area contributed by atoms with Gasteiger partial charge in [0.25, 0.3) is 0 Å². The maximum absolute atomic E-state index is 12.7. The summed E-state index contributed by atoms with van der Waals surface area (Å²) in [6.07, 6.45) is 0.393. The zero-order valence-corrected chi connectivity index (χ0v) is 12.6. The van der Waals surface area contributed by atoms with Gasteiger partial charge in [-0.15, -0.1) is 0 Å². The Labute approximate surface area is 123 Å². The minimum atomic E-state index is -3.06. The van der Waals surface area contributed by atoms with Gasteiger partial charge in [0.1, 0.15) is 18.2 Å². The quantitative estimate of drug-likeness (QED) is 0.816. The van der Waals surface area contributed by atoms with Crippen molar-refractivity contribution in [3.8, 4) is 5.75 Å². The normalized spacial score (nSPS) is 20.2. The van der Waals surface area contributed by atoms with Crippen LogP contribution in [0.25, 0.3) is 0 Å². The molecule has 2 rings (SSSR count). The molecule has 21 heavy (non-hydrogen) atoms. The molecule has 1 amide bonds. The van der Waals surface area contributed by atoms with Gasteiger partial charge in [-0.05, 0) is 30.7 Å². The first kappa shape index (κ1) is 15.8. The monoisotopic (exact) mass is 315 g/mol. The van der Waals surface area contributed by atoms with Crippen molar-refractivity contribution < 1.29 is 22.3 Å². The van der Waals surface area contributed by atoms with Crippen molar-refractivity contribution in [3.63, 3.8) is 0 Å². The van der Waals surface area contributed by atoms with Crippen molar-refractivity contribution >= 4 is 15.7 Å². The molecule has 0 saturated carbocycles. The average molecular weight is 315 g/mol. The minimum Gasteiger partial charge on any atom is -0.492 e. The fourth-order valence-electron chi connectivity index (χ4n) is 2.24. The molecule has 1 unspecified atom stereocenters. The first-order chi connectivity index (χ1) is 9.87. The molecule has 1 aliphatic rings. The van der Waals surface area contributed by atoms with Crippen LogP contribution < -0.4 is 4.74 Å². The van der Waals surface area contributed by atoms with Crippen LogP contribution in [0.3, 0.4) is 0 Å². The van der Waals surface area contributed by atoms with E-state index in [2.05, 4.69) is 0 Å². The second kappa shape index (κ2) is 6.43. The highest BCUT2D eigenvalue weighted by atomic mass is 32.2. The second-order valence-electron chi connectivity index (χ2n) is 5.16. The van der Waals surface area contributed by atoms with Crippen molar-refractivity contribution in [2.24, 2.45) is 5.92 Å². The molecule has 1 heterocycles. The summed E-state index contributed by atoms with van der Waals surface area (Å²) in [7, 11) is -1.43. The highest BCUT2D eigenvalue weighted by Gasteiger charge is 2.34. The lowest BCUT2D eigenvalue weighted by Crippen LogP contribution is -2.36. The van der Waals surface area contributed by atoms with E-state index in [1.807, 2.05) is 0 Å². The molecule has 1 fully saturated rings. The molecule has 5 nitrogen and oxygen atoms in total. The zero-order valence-electron chi connectivity index (χ0n) is 11.8. The summed E-state index contributed by atoms with van der Waals surface area (Å²) < 4.78 is 40.9. The third-order valence-corrected chi connectivity index (χ3v) is 5.23. The highest BCUT2D eigenvalue weighted by molar-refractivity contribution is 7.91. The molecule has 1 aromatic rings. The van der Waals surface area contributed by atoms with E-state index in [4.69, 9.17) is 4.74 Å². The number of benzene rings is 1. The molecule has 0 spiro atoms. The third-order valence-electron chi connectivity index (χ3n) is 3.47. The fourth-order valence-corrected chi connectivity index (χ4v) is 3.98. The van der Waals surface area contributed by atoms with Gasteiger partial charge in [-0.2, -0.15) is 0 Å². The Morgan fingerprint density at radius 2 is 2.05 bits per heavy atom. The number of ether oxygens (including phenoxy) is 1. The SMILES string of the molecule is CN(CCOc1ccc(F)cc1)C(=O)C1CCS(=O)(=O)C1. The number of amides is 1. The number of halogens is 1. The van der Waals surface area contributed by atoms with Crippen molar-refractivity contribution in [2.45, 2.75) is 6.42 Å². The largest absolute Gasteiger partial charge is 0.492 e. The van der Waals surface area contributed by atoms with E-state index in [0.29, 0.717) is 18.7 Å². The maximum atomic E-state index is 12.7. The Morgan fingerprint density at radius 1 is 1.38 bits per heavy atom. The number of hydrogen-bond acceptors (Lipinski definition) is 4. The van der Waals surface area contributed by atoms with Crippen LogP contribution in [-0.2, 0) is 14.6 Å². The summed E-state index contributed by atoms with van der Waals surface area (Å²) in [4.78, 5) is 13.6. The van der Waals surface area contributed by atoms with Crippen LogP contribution in [0.2, 0.25) is 0 Å². The van der Waals surface area contributed by atoms with Crippen molar-refractivity contribution in [3.05, 3.63) is 30.1 Å². The lowest BCUT2D eigenvalue weighted by atomic mass is 10.1. The van der Waals surface area contributed by atoms with Gasteiger partial charge in [-0.3, -0.25) is 4.79 Å². The highest BCUT2D eigenvalue weighted by Crippen LogP contribution is 2.20. The van der Waals surface area contributed by atoms with Gasteiger partial charge >= 0.3 is 0 Å². The van der Waals surface area contributed by atoms with Crippen LogP contribution in [0, 0.1) is 11.7 Å². The van der Waals surface area contributed by atoms with Gasteiger partial charge in [-0.25, -0.2) is 12.8 Å². The molecular formula is C14H18FNO4S. The predicted octanol–water partition coefficient (Wildman–Crippen LogP) is 1.10. The van der Waals surface area contributed by atoms with Crippen molar-refractivity contribution in [1.82, 2.24) is 4.90 Å². The molecule has 0 aliphatic carbocycles. The van der Waals surface area contributed by atoms with Crippen LogP contribution in [0.4, 0.5) is 4.39 Å². The summed E-state index contributed by atoms with van der Waals surface area (Å²) in [5, 5.41) is 0. The smallest absolute Gasteiger partial charge is 0.226 e. The number of carbonyl (C=O) groups excluding carboxylic acids is 1. The predicted molar refractivity (Wildman–Crippen MR) is 76.3 cm³/mol. The molecule has 1 atom stereocenters. The molecule has 1 aliphatic heterocycles. The molecule has 0 radical (unpaired) electrons. The topological polar surface area (TPSA) is 63.7 Å². The molecule has 1 saturated heterocycles. The van der Waals surface area contributed by atoms with Crippen molar-refractivity contribution in [2.75, 3.05) is 31.7 Å². The van der Waals surface area contributed by atoms with Crippen LogP contribution in [0.5, 0.6) is 5.75 Å². The Hall–Kier alpha value is -1.63. The first-order valence-electron chi connectivity index (χ1n) is 6.71. The lowest BCUT2D eigenvalue weighted by Gasteiger charge is -2.20. The van der Waals surface area contributed by atoms with E-state index in [1.165, 1.54) is 29.2 Å². The lowest BCUT2D eigenvalue weighted by molar-refractivity contribution is -0.133.